The van der Waals surface area contributed by atoms with E-state index in [1.165, 1.54) is 16.6 Å². The lowest BCUT2D eigenvalue weighted by Gasteiger charge is -2.30. The Labute approximate surface area is 327 Å². The molecule has 1 aliphatic rings. The molecule has 0 saturated heterocycles. The predicted octanol–water partition coefficient (Wildman–Crippen LogP) is 11.6. The van der Waals surface area contributed by atoms with Gasteiger partial charge < -0.3 is 4.57 Å². The van der Waals surface area contributed by atoms with Crippen molar-refractivity contribution in [3.05, 3.63) is 189 Å². The third-order valence-corrected chi connectivity index (χ3v) is 10.9. The average Bonchev–Trinajstić information content (AvgIpc) is 3.56. The molecule has 0 saturated carbocycles. The minimum absolute atomic E-state index is 0.524. The molecular formula is C49H37N5S. The first-order valence-electron chi connectivity index (χ1n) is 18.2. The van der Waals surface area contributed by atoms with E-state index in [1.54, 1.807) is 0 Å². The van der Waals surface area contributed by atoms with E-state index in [0.29, 0.717) is 17.0 Å². The van der Waals surface area contributed by atoms with Gasteiger partial charge in [-0.1, -0.05) is 96.6 Å². The lowest BCUT2D eigenvalue weighted by Crippen LogP contribution is -2.24. The van der Waals surface area contributed by atoms with E-state index in [0.717, 1.165) is 73.5 Å². The highest BCUT2D eigenvalue weighted by Gasteiger charge is 2.32. The van der Waals surface area contributed by atoms with E-state index < -0.39 is 5.54 Å². The van der Waals surface area contributed by atoms with Crippen LogP contribution < -0.4 is 0 Å². The highest BCUT2D eigenvalue weighted by molar-refractivity contribution is 7.84. The molecule has 5 nitrogen and oxygen atoms in total. The minimum Gasteiger partial charge on any atom is -0.312 e. The number of aromatic nitrogens is 1. The molecule has 0 radical (unpaired) electrons. The van der Waals surface area contributed by atoms with Gasteiger partial charge in [0.2, 0.25) is 0 Å². The molecule has 0 spiro atoms. The second-order valence-corrected chi connectivity index (χ2v) is 14.7. The van der Waals surface area contributed by atoms with Gasteiger partial charge in [0.05, 0.1) is 34.5 Å². The number of aliphatic imine (C=N–C) groups is 2. The van der Waals surface area contributed by atoms with Crippen LogP contribution in [0.4, 0.5) is 0 Å². The van der Waals surface area contributed by atoms with Gasteiger partial charge in [-0.3, -0.25) is 4.99 Å². The molecule has 6 heteroatoms. The summed E-state index contributed by atoms with van der Waals surface area (Å²) < 4.78 is 2.38. The van der Waals surface area contributed by atoms with Crippen molar-refractivity contribution >= 4 is 42.2 Å². The molecule has 0 bridgehead atoms. The number of allylic oxidation sites excluding steroid dienone is 1. The fourth-order valence-corrected chi connectivity index (χ4v) is 7.92. The summed E-state index contributed by atoms with van der Waals surface area (Å²) in [7, 11) is 0. The Hall–Kier alpha value is -6.73. The fraction of sp³-hybridized carbons (Fsp3) is 0.102. The van der Waals surface area contributed by atoms with Gasteiger partial charge in [0, 0.05) is 27.8 Å². The van der Waals surface area contributed by atoms with Gasteiger partial charge in [-0.2, -0.15) is 10.5 Å². The second kappa shape index (κ2) is 14.6. The van der Waals surface area contributed by atoms with E-state index in [2.05, 4.69) is 127 Å². The van der Waals surface area contributed by atoms with Crippen molar-refractivity contribution in [2.45, 2.75) is 32.2 Å². The Morgan fingerprint density at radius 3 is 2.11 bits per heavy atom. The summed E-state index contributed by atoms with van der Waals surface area (Å²) in [6, 6.07) is 51.7. The first kappa shape index (κ1) is 35.3. The number of benzene rings is 6. The molecule has 0 fully saturated rings. The van der Waals surface area contributed by atoms with Gasteiger partial charge in [-0.05, 0) is 121 Å². The van der Waals surface area contributed by atoms with Crippen LogP contribution in [-0.4, -0.2) is 17.1 Å². The van der Waals surface area contributed by atoms with E-state index in [9.17, 15) is 10.5 Å². The molecule has 55 heavy (non-hydrogen) atoms. The van der Waals surface area contributed by atoms with Crippen LogP contribution in [0.3, 0.4) is 0 Å². The summed E-state index contributed by atoms with van der Waals surface area (Å²) in [4.78, 5) is 11.0. The van der Waals surface area contributed by atoms with Crippen LogP contribution in [0.15, 0.2) is 154 Å². The van der Waals surface area contributed by atoms with Gasteiger partial charge in [0.25, 0.3) is 0 Å². The molecule has 1 atom stereocenters. The molecule has 0 N–H and O–H groups in total. The van der Waals surface area contributed by atoms with Gasteiger partial charge in [0.1, 0.15) is 5.54 Å². The summed E-state index contributed by atoms with van der Waals surface area (Å²) in [6.07, 6.45) is 3.91. The van der Waals surface area contributed by atoms with Crippen LogP contribution in [0.1, 0.15) is 58.0 Å². The van der Waals surface area contributed by atoms with Gasteiger partial charge >= 0.3 is 0 Å². The number of hydrogen-bond acceptors (Lipinski definition) is 4. The Morgan fingerprint density at radius 1 is 0.727 bits per heavy atom. The number of thiol groups is 1. The van der Waals surface area contributed by atoms with Gasteiger partial charge in [-0.25, -0.2) is 4.99 Å². The molecule has 264 valence electrons. The van der Waals surface area contributed by atoms with Crippen molar-refractivity contribution in [3.8, 4) is 40.1 Å². The lowest BCUT2D eigenvalue weighted by atomic mass is 9.82. The van der Waals surface area contributed by atoms with Crippen LogP contribution >= 0.6 is 12.6 Å². The Balaban J connectivity index is 1.41. The standard InChI is InChI=1S/C49H37N5S/c1-32-17-19-35(20-18-32)48(52-3)53-49(2,39-14-8-12-37(27-39)36-11-6-9-33(25-36)30-50)40-21-23-46(43(28-40)38-13-7-10-34(26-38)31-51)54-45-16-5-4-15-42(45)44-29-41(55)22-24-47(44)54/h4-21,23,25-29,55H,3,22,24H2,1-2H3. The molecule has 8 rings (SSSR count). The maximum Gasteiger partial charge on any atom is 0.155 e. The van der Waals surface area contributed by atoms with Gasteiger partial charge in [0.15, 0.2) is 5.84 Å². The topological polar surface area (TPSA) is 77.2 Å². The number of amidine groups is 1. The summed E-state index contributed by atoms with van der Waals surface area (Å²) in [5.74, 6) is 0.524. The SMILES string of the molecule is C=NC(=NC(C)(c1cccc(-c2cccc(C#N)c2)c1)c1ccc(-n2c3c(c4ccccc42)C=C(S)CC3)c(-c2cccc(C#N)c2)c1)c1ccc(C)cc1. The first-order valence-corrected chi connectivity index (χ1v) is 18.7. The number of nitrogens with zero attached hydrogens (tertiary/aromatic N) is 5. The highest BCUT2D eigenvalue weighted by Crippen LogP contribution is 2.43. The fourth-order valence-electron chi connectivity index (χ4n) is 7.68. The monoisotopic (exact) mass is 727 g/mol. The largest absolute Gasteiger partial charge is 0.312 e. The summed E-state index contributed by atoms with van der Waals surface area (Å²) >= 11 is 4.78. The summed E-state index contributed by atoms with van der Waals surface area (Å²) in [6.45, 7) is 8.14. The van der Waals surface area contributed by atoms with Crippen LogP contribution in [-0.2, 0) is 12.0 Å². The van der Waals surface area contributed by atoms with E-state index >= 15 is 0 Å². The number of para-hydroxylation sites is 1. The number of fused-ring (bicyclic) bond motifs is 3. The molecular weight excluding hydrogens is 691 g/mol. The number of nitriles is 2. The smallest absolute Gasteiger partial charge is 0.155 e. The third-order valence-electron chi connectivity index (χ3n) is 10.6. The molecule has 1 unspecified atom stereocenters. The van der Waals surface area contributed by atoms with E-state index in [1.807, 2.05) is 60.7 Å². The Kier molecular flexibility index (Phi) is 9.37. The van der Waals surface area contributed by atoms with Crippen molar-refractivity contribution in [1.82, 2.24) is 4.57 Å². The predicted molar refractivity (Wildman–Crippen MR) is 229 cm³/mol. The third kappa shape index (κ3) is 6.59. The zero-order chi connectivity index (χ0) is 38.1. The number of hydrogen-bond donors (Lipinski definition) is 1. The Bertz CT molecular complexity index is 2790. The summed E-state index contributed by atoms with van der Waals surface area (Å²) in [5, 5.41) is 20.8. The zero-order valence-corrected chi connectivity index (χ0v) is 31.6. The van der Waals surface area contributed by atoms with Crippen molar-refractivity contribution in [3.63, 3.8) is 0 Å². The maximum atomic E-state index is 10.0. The molecule has 1 heterocycles. The summed E-state index contributed by atoms with van der Waals surface area (Å²) in [5.41, 5.74) is 12.5. The zero-order valence-electron chi connectivity index (χ0n) is 30.7. The first-order chi connectivity index (χ1) is 26.8. The Morgan fingerprint density at radius 2 is 1.38 bits per heavy atom. The minimum atomic E-state index is -0.952. The van der Waals surface area contributed by atoms with Crippen LogP contribution in [0.25, 0.3) is 44.9 Å². The molecule has 6 aromatic carbocycles. The van der Waals surface area contributed by atoms with Crippen molar-refractivity contribution < 1.29 is 0 Å². The molecule has 1 aromatic heterocycles. The molecule has 0 aliphatic heterocycles. The van der Waals surface area contributed by atoms with Crippen molar-refractivity contribution in [2.24, 2.45) is 9.98 Å². The van der Waals surface area contributed by atoms with E-state index in [4.69, 9.17) is 17.6 Å². The second-order valence-electron chi connectivity index (χ2n) is 14.1. The van der Waals surface area contributed by atoms with Crippen LogP contribution in [0.2, 0.25) is 0 Å². The highest BCUT2D eigenvalue weighted by atomic mass is 32.1. The van der Waals surface area contributed by atoms with Gasteiger partial charge in [-0.15, -0.1) is 12.6 Å². The average molecular weight is 728 g/mol. The number of rotatable bonds is 7. The molecule has 1 aliphatic carbocycles. The van der Waals surface area contributed by atoms with Crippen LogP contribution in [0, 0.1) is 29.6 Å². The maximum absolute atomic E-state index is 10.0. The molecule has 7 aromatic rings. The molecule has 0 amide bonds. The quantitative estimate of drug-likeness (QED) is 0.101. The normalized spacial score (nSPS) is 13.6. The lowest BCUT2D eigenvalue weighted by molar-refractivity contribution is 0.606. The number of aryl methyl sites for hydroxylation is 1. The van der Waals surface area contributed by atoms with Crippen molar-refractivity contribution in [2.75, 3.05) is 0 Å². The van der Waals surface area contributed by atoms with Crippen molar-refractivity contribution in [1.29, 1.82) is 10.5 Å². The van der Waals surface area contributed by atoms with Crippen LogP contribution in [0.5, 0.6) is 0 Å². The van der Waals surface area contributed by atoms with E-state index in [-0.39, 0.29) is 0 Å².